The number of benzene rings is 1. The Morgan fingerprint density at radius 2 is 1.96 bits per heavy atom. The zero-order valence-electron chi connectivity index (χ0n) is 16.5. The van der Waals surface area contributed by atoms with Gasteiger partial charge >= 0.3 is 5.97 Å². The molecule has 1 aromatic carbocycles. The third-order valence-electron chi connectivity index (χ3n) is 6.77. The van der Waals surface area contributed by atoms with Gasteiger partial charge in [0.1, 0.15) is 6.10 Å². The molecule has 4 heteroatoms. The van der Waals surface area contributed by atoms with Crippen molar-refractivity contribution in [3.8, 4) is 0 Å². The van der Waals surface area contributed by atoms with E-state index in [-0.39, 0.29) is 17.5 Å². The van der Waals surface area contributed by atoms with Crippen molar-refractivity contribution in [1.82, 2.24) is 0 Å². The number of halogens is 1. The molecule has 3 aliphatic rings. The maximum atomic E-state index is 11.5. The van der Waals surface area contributed by atoms with E-state index < -0.39 is 0 Å². The molecule has 1 fully saturated rings. The van der Waals surface area contributed by atoms with Gasteiger partial charge < -0.3 is 4.74 Å². The normalized spacial score (nSPS) is 32.3. The maximum absolute atomic E-state index is 11.5. The highest BCUT2D eigenvalue weighted by Crippen LogP contribution is 2.57. The highest BCUT2D eigenvalue weighted by Gasteiger charge is 2.51. The molecule has 0 saturated heterocycles. The van der Waals surface area contributed by atoms with E-state index in [0.717, 1.165) is 31.1 Å². The van der Waals surface area contributed by atoms with E-state index >= 15 is 0 Å². The van der Waals surface area contributed by atoms with Crippen LogP contribution < -0.4 is 0 Å². The van der Waals surface area contributed by atoms with Crippen LogP contribution in [0.1, 0.15) is 81.5 Å². The molecule has 1 saturated carbocycles. The van der Waals surface area contributed by atoms with Crippen LogP contribution in [0.3, 0.4) is 0 Å². The van der Waals surface area contributed by atoms with E-state index in [4.69, 9.17) is 4.74 Å². The first-order valence-electron chi connectivity index (χ1n) is 10.2. The van der Waals surface area contributed by atoms with Crippen LogP contribution in [-0.4, -0.2) is 17.7 Å². The molecule has 0 radical (unpaired) electrons. The predicted octanol–water partition coefficient (Wildman–Crippen LogP) is 6.36. The Bertz CT molecular complexity index is 674. The van der Waals surface area contributed by atoms with Gasteiger partial charge in [-0.05, 0) is 78.8 Å². The monoisotopic (exact) mass is 486 g/mol. The summed E-state index contributed by atoms with van der Waals surface area (Å²) in [6, 6.07) is 4.84. The minimum Gasteiger partial charge on any atom is -0.462 e. The molecule has 3 unspecified atom stereocenters. The summed E-state index contributed by atoms with van der Waals surface area (Å²) in [5.74, 6) is 0.448. The Morgan fingerprint density at radius 3 is 2.65 bits per heavy atom. The van der Waals surface area contributed by atoms with Gasteiger partial charge in [0.15, 0.2) is 0 Å². The standard InChI is InChI=1S/C20H26IO2P.C2H6/c1-12(22)23-19-8-7-18-17-5-3-13-11-14(24-21)4-6-15(13)16(17)9-10-20(18,19)2;1-2/h3,5,14,18-19,24H,4,6-11H2,1-2H3;1-2H3/t14-,18?,19+,20?;/m0./s1. The fraction of sp³-hybridized carbons (Fsp3) is 0.682. The Kier molecular flexibility index (Phi) is 6.71. The van der Waals surface area contributed by atoms with Gasteiger partial charge in [0.05, 0.1) is 0 Å². The van der Waals surface area contributed by atoms with Gasteiger partial charge in [0.2, 0.25) is 0 Å². The molecule has 0 aromatic heterocycles. The molecule has 0 aliphatic heterocycles. The SMILES string of the molecule is CC.CC(=O)O[C@@H]1CCC2c3ccc4c(c3CCC21C)CC[C@H](PI)C4. The average Bonchev–Trinajstić information content (AvgIpc) is 2.98. The average molecular weight is 486 g/mol. The first-order chi connectivity index (χ1) is 12.5. The first-order valence-corrected chi connectivity index (χ1v) is 14.4. The Labute approximate surface area is 173 Å². The number of carbonyl (C=O) groups is 1. The largest absolute Gasteiger partial charge is 0.462 e. The molecule has 3 aliphatic carbocycles. The predicted molar refractivity (Wildman–Crippen MR) is 120 cm³/mol. The number of rotatable bonds is 2. The van der Waals surface area contributed by atoms with E-state index in [2.05, 4.69) is 41.1 Å². The summed E-state index contributed by atoms with van der Waals surface area (Å²) in [7, 11) is 0. The summed E-state index contributed by atoms with van der Waals surface area (Å²) in [5, 5.41) is 0. The minimum absolute atomic E-state index is 0.105. The van der Waals surface area contributed by atoms with Crippen molar-refractivity contribution in [1.29, 1.82) is 0 Å². The third kappa shape index (κ3) is 3.60. The quantitative estimate of drug-likeness (QED) is 0.276. The van der Waals surface area contributed by atoms with Crippen molar-refractivity contribution < 1.29 is 9.53 Å². The van der Waals surface area contributed by atoms with Crippen molar-refractivity contribution in [2.75, 3.05) is 0 Å². The zero-order valence-corrected chi connectivity index (χ0v) is 19.7. The molecule has 0 spiro atoms. The lowest BCUT2D eigenvalue weighted by atomic mass is 9.64. The van der Waals surface area contributed by atoms with Crippen LogP contribution in [0.15, 0.2) is 12.1 Å². The highest BCUT2D eigenvalue weighted by atomic mass is 127. The van der Waals surface area contributed by atoms with Crippen LogP contribution in [0, 0.1) is 5.41 Å². The lowest BCUT2D eigenvalue weighted by molar-refractivity contribution is -0.152. The van der Waals surface area contributed by atoms with E-state index in [1.165, 1.54) is 25.7 Å². The van der Waals surface area contributed by atoms with E-state index in [0.29, 0.717) is 5.92 Å². The summed E-state index contributed by atoms with van der Waals surface area (Å²) in [6.45, 7) is 7.90. The molecule has 1 aromatic rings. The van der Waals surface area contributed by atoms with Gasteiger partial charge in [0, 0.05) is 12.3 Å². The summed E-state index contributed by atoms with van der Waals surface area (Å²) >= 11 is 2.57. The topological polar surface area (TPSA) is 26.3 Å². The molecule has 144 valence electrons. The summed E-state index contributed by atoms with van der Waals surface area (Å²) in [6.07, 6.45) is 9.58. The van der Waals surface area contributed by atoms with Gasteiger partial charge in [0.25, 0.3) is 0 Å². The molecule has 0 N–H and O–H groups in total. The summed E-state index contributed by atoms with van der Waals surface area (Å²) in [5.41, 5.74) is 7.56. The molecule has 4 rings (SSSR count). The van der Waals surface area contributed by atoms with Crippen LogP contribution in [0.2, 0.25) is 0 Å². The molecule has 0 bridgehead atoms. The molecule has 0 amide bonds. The third-order valence-corrected chi connectivity index (χ3v) is 10.2. The Balaban J connectivity index is 0.000000948. The van der Waals surface area contributed by atoms with Gasteiger partial charge in [-0.2, -0.15) is 0 Å². The van der Waals surface area contributed by atoms with E-state index in [1.807, 2.05) is 13.8 Å². The summed E-state index contributed by atoms with van der Waals surface area (Å²) < 4.78 is 5.70. The smallest absolute Gasteiger partial charge is 0.302 e. The number of fused-ring (bicyclic) bond motifs is 5. The molecular formula is C22H32IO2P. The van der Waals surface area contributed by atoms with Gasteiger partial charge in [-0.15, -0.1) is 0 Å². The van der Waals surface area contributed by atoms with Crippen LogP contribution in [0.5, 0.6) is 0 Å². The fourth-order valence-corrected chi connectivity index (χ4v) is 7.64. The molecule has 26 heavy (non-hydrogen) atoms. The van der Waals surface area contributed by atoms with Crippen molar-refractivity contribution in [3.63, 3.8) is 0 Å². The highest BCUT2D eigenvalue weighted by molar-refractivity contribution is 14.2. The molecule has 2 nitrogen and oxygen atoms in total. The van der Waals surface area contributed by atoms with Crippen LogP contribution in [-0.2, 0) is 28.8 Å². The van der Waals surface area contributed by atoms with Crippen LogP contribution >= 0.6 is 28.3 Å². The van der Waals surface area contributed by atoms with Crippen molar-refractivity contribution in [2.24, 2.45) is 5.41 Å². The van der Waals surface area contributed by atoms with E-state index in [1.54, 1.807) is 29.2 Å². The van der Waals surface area contributed by atoms with Crippen molar-refractivity contribution in [3.05, 3.63) is 34.4 Å². The van der Waals surface area contributed by atoms with Crippen molar-refractivity contribution >= 4 is 34.2 Å². The van der Waals surface area contributed by atoms with E-state index in [9.17, 15) is 4.79 Å². The second kappa shape index (κ2) is 8.47. The van der Waals surface area contributed by atoms with Gasteiger partial charge in [-0.25, -0.2) is 0 Å². The lowest BCUT2D eigenvalue weighted by Gasteiger charge is -2.42. The van der Waals surface area contributed by atoms with Gasteiger partial charge in [-0.3, -0.25) is 4.79 Å². The lowest BCUT2D eigenvalue weighted by Crippen LogP contribution is -2.38. The fourth-order valence-electron chi connectivity index (χ4n) is 5.50. The Morgan fingerprint density at radius 1 is 1.19 bits per heavy atom. The molecule has 0 heterocycles. The molecule has 5 atom stereocenters. The first kappa shape index (κ1) is 20.6. The zero-order chi connectivity index (χ0) is 18.9. The second-order valence-electron chi connectivity index (χ2n) is 8.05. The number of hydrogen-bond acceptors (Lipinski definition) is 2. The molecular weight excluding hydrogens is 454 g/mol. The number of ether oxygens (including phenoxy) is 1. The number of carbonyl (C=O) groups excluding carboxylic acids is 1. The van der Waals surface area contributed by atoms with Crippen LogP contribution in [0.25, 0.3) is 0 Å². The Hall–Kier alpha value is -0.150. The number of hydrogen-bond donors (Lipinski definition) is 0. The minimum atomic E-state index is -0.121. The maximum Gasteiger partial charge on any atom is 0.302 e. The number of esters is 1. The van der Waals surface area contributed by atoms with Crippen LogP contribution in [0.4, 0.5) is 0 Å². The van der Waals surface area contributed by atoms with Gasteiger partial charge in [-0.1, -0.05) is 61.2 Å². The summed E-state index contributed by atoms with van der Waals surface area (Å²) in [4.78, 5) is 11.5. The van der Waals surface area contributed by atoms with Crippen molar-refractivity contribution in [2.45, 2.75) is 90.3 Å². The second-order valence-corrected chi connectivity index (χ2v) is 11.0.